The molecule has 4 nitrogen and oxygen atoms in total. The van der Waals surface area contributed by atoms with Crippen molar-refractivity contribution in [3.8, 4) is 0 Å². The summed E-state index contributed by atoms with van der Waals surface area (Å²) in [6.07, 6.45) is 9.22. The van der Waals surface area contributed by atoms with Crippen LogP contribution in [0.5, 0.6) is 0 Å². The lowest BCUT2D eigenvalue weighted by Crippen LogP contribution is -2.52. The molecule has 0 aromatic heterocycles. The van der Waals surface area contributed by atoms with Crippen molar-refractivity contribution in [2.45, 2.75) is 70.2 Å². The molecule has 3 rings (SSSR count). The van der Waals surface area contributed by atoms with Crippen LogP contribution in [0.3, 0.4) is 0 Å². The smallest absolute Gasteiger partial charge is 0.163 e. The van der Waals surface area contributed by atoms with Gasteiger partial charge in [-0.25, -0.2) is 8.42 Å². The number of nitrogens with one attached hydrogen (secondary N) is 1. The van der Waals surface area contributed by atoms with E-state index in [-0.39, 0.29) is 17.3 Å². The van der Waals surface area contributed by atoms with E-state index in [2.05, 4.69) is 42.3 Å². The van der Waals surface area contributed by atoms with Gasteiger partial charge in [0.15, 0.2) is 9.84 Å². The van der Waals surface area contributed by atoms with E-state index in [1.807, 2.05) is 0 Å². The molecule has 0 saturated carbocycles. The molecule has 0 amide bonds. The highest BCUT2D eigenvalue weighted by molar-refractivity contribution is 7.91. The summed E-state index contributed by atoms with van der Waals surface area (Å²) in [5.41, 5.74) is 4.36. The van der Waals surface area contributed by atoms with Crippen LogP contribution in [0.25, 0.3) is 0 Å². The van der Waals surface area contributed by atoms with E-state index < -0.39 is 9.84 Å². The SMILES string of the molecule is CCN(C(C)Cc1ccc2c(c1)CCCC2)C(C1CCNCC1)S(C)(=O)=O. The predicted molar refractivity (Wildman–Crippen MR) is 113 cm³/mol. The van der Waals surface area contributed by atoms with Gasteiger partial charge in [-0.1, -0.05) is 25.1 Å². The van der Waals surface area contributed by atoms with Crippen LogP contribution in [0.2, 0.25) is 0 Å². The molecule has 0 spiro atoms. The summed E-state index contributed by atoms with van der Waals surface area (Å²) in [6, 6.07) is 7.15. The Hall–Kier alpha value is -0.910. The summed E-state index contributed by atoms with van der Waals surface area (Å²) < 4.78 is 25.4. The van der Waals surface area contributed by atoms with Crippen molar-refractivity contribution in [1.82, 2.24) is 10.2 Å². The third-order valence-electron chi connectivity index (χ3n) is 6.43. The Morgan fingerprint density at radius 3 is 2.44 bits per heavy atom. The molecule has 27 heavy (non-hydrogen) atoms. The number of benzene rings is 1. The van der Waals surface area contributed by atoms with Gasteiger partial charge in [0.1, 0.15) is 5.37 Å². The lowest BCUT2D eigenvalue weighted by molar-refractivity contribution is 0.138. The predicted octanol–water partition coefficient (Wildman–Crippen LogP) is 3.19. The van der Waals surface area contributed by atoms with Gasteiger partial charge in [-0.3, -0.25) is 4.90 Å². The lowest BCUT2D eigenvalue weighted by Gasteiger charge is -2.40. The summed E-state index contributed by atoms with van der Waals surface area (Å²) in [6.45, 7) is 6.92. The van der Waals surface area contributed by atoms with Crippen LogP contribution >= 0.6 is 0 Å². The summed E-state index contributed by atoms with van der Waals surface area (Å²) in [7, 11) is -3.13. The number of nitrogens with zero attached hydrogens (tertiary/aromatic N) is 1. The maximum Gasteiger partial charge on any atom is 0.163 e. The minimum atomic E-state index is -3.13. The number of aryl methyl sites for hydroxylation is 2. The standard InChI is InChI=1S/C22H36N2O2S/c1-4-24(22(27(3,25)26)20-11-13-23-14-12-20)17(2)15-18-9-10-19-7-5-6-8-21(19)16-18/h9-10,16-17,20,22-23H,4-8,11-15H2,1-3H3. The van der Waals surface area contributed by atoms with Crippen molar-refractivity contribution in [3.05, 3.63) is 34.9 Å². The van der Waals surface area contributed by atoms with Crippen LogP contribution in [0.4, 0.5) is 0 Å². The molecule has 2 unspecified atom stereocenters. The second-order valence-corrected chi connectivity index (χ2v) is 10.6. The van der Waals surface area contributed by atoms with Gasteiger partial charge >= 0.3 is 0 Å². The maximum atomic E-state index is 12.7. The fourth-order valence-corrected chi connectivity index (χ4v) is 6.93. The third-order valence-corrected chi connectivity index (χ3v) is 7.96. The summed E-state index contributed by atoms with van der Waals surface area (Å²) in [5.74, 6) is 0.229. The van der Waals surface area contributed by atoms with E-state index in [1.54, 1.807) is 0 Å². The number of hydrogen-bond acceptors (Lipinski definition) is 4. The van der Waals surface area contributed by atoms with E-state index in [0.29, 0.717) is 0 Å². The van der Waals surface area contributed by atoms with Crippen molar-refractivity contribution in [1.29, 1.82) is 0 Å². The zero-order chi connectivity index (χ0) is 19.4. The van der Waals surface area contributed by atoms with Crippen LogP contribution in [0.1, 0.15) is 56.2 Å². The molecule has 1 heterocycles. The van der Waals surface area contributed by atoms with Crippen LogP contribution in [-0.2, 0) is 29.1 Å². The third kappa shape index (κ3) is 5.12. The Labute approximate surface area is 165 Å². The molecule has 0 radical (unpaired) electrons. The lowest BCUT2D eigenvalue weighted by atomic mass is 9.89. The molecule has 1 N–H and O–H groups in total. The minimum absolute atomic E-state index is 0.214. The molecule has 1 aromatic rings. The molecule has 0 bridgehead atoms. The zero-order valence-corrected chi connectivity index (χ0v) is 18.0. The largest absolute Gasteiger partial charge is 0.317 e. The van der Waals surface area contributed by atoms with Gasteiger partial charge in [0.05, 0.1) is 0 Å². The molecule has 5 heteroatoms. The van der Waals surface area contributed by atoms with Gasteiger partial charge in [0, 0.05) is 12.3 Å². The number of fused-ring (bicyclic) bond motifs is 1. The highest BCUT2D eigenvalue weighted by atomic mass is 32.2. The summed E-state index contributed by atoms with van der Waals surface area (Å²) >= 11 is 0. The highest BCUT2D eigenvalue weighted by Crippen LogP contribution is 2.28. The first-order chi connectivity index (χ1) is 12.9. The molecule has 2 aliphatic rings. The van der Waals surface area contributed by atoms with E-state index in [0.717, 1.165) is 38.9 Å². The quantitative estimate of drug-likeness (QED) is 0.774. The van der Waals surface area contributed by atoms with Crippen molar-refractivity contribution in [2.75, 3.05) is 25.9 Å². The Morgan fingerprint density at radius 2 is 1.81 bits per heavy atom. The van der Waals surface area contributed by atoms with Gasteiger partial charge in [-0.05, 0) is 94.1 Å². The van der Waals surface area contributed by atoms with Crippen molar-refractivity contribution in [3.63, 3.8) is 0 Å². The van der Waals surface area contributed by atoms with Gasteiger partial charge < -0.3 is 5.32 Å². The zero-order valence-electron chi connectivity index (χ0n) is 17.2. The first kappa shape index (κ1) is 20.8. The molecule has 1 aliphatic carbocycles. The van der Waals surface area contributed by atoms with E-state index >= 15 is 0 Å². The number of likely N-dealkylation sites (N-methyl/N-ethyl adjacent to an activating group) is 1. The normalized spacial score (nSPS) is 21.0. The van der Waals surface area contributed by atoms with Crippen molar-refractivity contribution < 1.29 is 8.42 Å². The van der Waals surface area contributed by atoms with E-state index in [9.17, 15) is 8.42 Å². The number of piperidine rings is 1. The maximum absolute atomic E-state index is 12.7. The molecule has 1 fully saturated rings. The minimum Gasteiger partial charge on any atom is -0.317 e. The summed E-state index contributed by atoms with van der Waals surface area (Å²) in [4.78, 5) is 2.24. The number of rotatable bonds is 7. The number of sulfone groups is 1. The average molecular weight is 393 g/mol. The Bertz CT molecular complexity index is 726. The monoisotopic (exact) mass is 392 g/mol. The second kappa shape index (κ2) is 9.06. The van der Waals surface area contributed by atoms with Crippen LogP contribution in [-0.4, -0.2) is 50.6 Å². The molecule has 152 valence electrons. The van der Waals surface area contributed by atoms with Crippen LogP contribution in [0.15, 0.2) is 18.2 Å². The molecule has 1 aromatic carbocycles. The Kier molecular flexibility index (Phi) is 6.98. The van der Waals surface area contributed by atoms with Gasteiger partial charge in [0.25, 0.3) is 0 Å². The highest BCUT2D eigenvalue weighted by Gasteiger charge is 2.37. The summed E-state index contributed by atoms with van der Waals surface area (Å²) in [5, 5.41) is 3.00. The topological polar surface area (TPSA) is 49.4 Å². The molecular formula is C22H36N2O2S. The number of hydrogen-bond donors (Lipinski definition) is 1. The van der Waals surface area contributed by atoms with Gasteiger partial charge in [0.2, 0.25) is 0 Å². The van der Waals surface area contributed by atoms with Crippen molar-refractivity contribution >= 4 is 9.84 Å². The molecular weight excluding hydrogens is 356 g/mol. The van der Waals surface area contributed by atoms with Crippen LogP contribution < -0.4 is 5.32 Å². The molecule has 1 saturated heterocycles. The van der Waals surface area contributed by atoms with Crippen LogP contribution in [0, 0.1) is 5.92 Å². The van der Waals surface area contributed by atoms with E-state index in [4.69, 9.17) is 0 Å². The Balaban J connectivity index is 1.78. The van der Waals surface area contributed by atoms with E-state index in [1.165, 1.54) is 48.6 Å². The molecule has 2 atom stereocenters. The average Bonchev–Trinajstić information content (AvgIpc) is 2.65. The molecule has 1 aliphatic heterocycles. The fourth-order valence-electron chi connectivity index (χ4n) is 5.11. The fraction of sp³-hybridized carbons (Fsp3) is 0.727. The van der Waals surface area contributed by atoms with Crippen molar-refractivity contribution in [2.24, 2.45) is 5.92 Å². The second-order valence-electron chi connectivity index (χ2n) is 8.50. The van der Waals surface area contributed by atoms with Gasteiger partial charge in [-0.15, -0.1) is 0 Å². The first-order valence-electron chi connectivity index (χ1n) is 10.7. The Morgan fingerprint density at radius 1 is 1.15 bits per heavy atom. The first-order valence-corrected chi connectivity index (χ1v) is 12.6. The van der Waals surface area contributed by atoms with Gasteiger partial charge in [-0.2, -0.15) is 0 Å².